The van der Waals surface area contributed by atoms with Gasteiger partial charge >= 0.3 is 0 Å². The van der Waals surface area contributed by atoms with Gasteiger partial charge in [-0.25, -0.2) is 0 Å². The maximum absolute atomic E-state index is 12.6. The van der Waals surface area contributed by atoms with Gasteiger partial charge in [0.1, 0.15) is 0 Å². The smallest absolute Gasteiger partial charge is 0.266 e. The quantitative estimate of drug-likeness (QED) is 0.412. The van der Waals surface area contributed by atoms with Crippen molar-refractivity contribution in [3.8, 4) is 11.4 Å². The number of hydrogen-bond acceptors (Lipinski definition) is 6. The van der Waals surface area contributed by atoms with E-state index in [0.717, 1.165) is 11.1 Å². The number of thiazole rings is 1. The zero-order valence-electron chi connectivity index (χ0n) is 13.6. The first-order chi connectivity index (χ1) is 12.5. The first-order valence-corrected chi connectivity index (χ1v) is 8.56. The van der Waals surface area contributed by atoms with Crippen LogP contribution < -0.4 is 10.1 Å². The van der Waals surface area contributed by atoms with Gasteiger partial charge in [-0.15, -0.1) is 5.10 Å². The zero-order valence-corrected chi connectivity index (χ0v) is 14.4. The largest absolute Gasteiger partial charge is 0.291 e. The van der Waals surface area contributed by atoms with Crippen LogP contribution in [-0.2, 0) is 0 Å². The molecule has 2 aromatic heterocycles. The Morgan fingerprint density at radius 1 is 1.19 bits per heavy atom. The van der Waals surface area contributed by atoms with E-state index in [1.807, 2.05) is 31.2 Å². The predicted molar refractivity (Wildman–Crippen MR) is 99.2 cm³/mol. The molecular formula is C18H12N4O3S. The average molecular weight is 364 g/mol. The Kier molecular flexibility index (Phi) is 3.81. The SMILES string of the molecule is Cc1ccccc1-c1nc2s/c(=C/c3cccc([N+](=O)[O-])c3)c(=O)n2n1. The fraction of sp³-hybridized carbons (Fsp3) is 0.0556. The third-order valence-corrected chi connectivity index (χ3v) is 4.91. The van der Waals surface area contributed by atoms with Gasteiger partial charge in [-0.1, -0.05) is 47.7 Å². The normalized spacial score (nSPS) is 12.0. The Morgan fingerprint density at radius 2 is 2.00 bits per heavy atom. The highest BCUT2D eigenvalue weighted by molar-refractivity contribution is 7.15. The molecule has 0 saturated carbocycles. The van der Waals surface area contributed by atoms with E-state index in [2.05, 4.69) is 10.1 Å². The monoisotopic (exact) mass is 364 g/mol. The summed E-state index contributed by atoms with van der Waals surface area (Å²) in [5, 5.41) is 15.2. The molecule has 0 aliphatic carbocycles. The molecule has 0 spiro atoms. The van der Waals surface area contributed by atoms with Crippen molar-refractivity contribution in [2.75, 3.05) is 0 Å². The van der Waals surface area contributed by atoms with Crippen LogP contribution in [-0.4, -0.2) is 19.5 Å². The van der Waals surface area contributed by atoms with Gasteiger partial charge in [0.2, 0.25) is 4.96 Å². The molecular weight excluding hydrogens is 352 g/mol. The van der Waals surface area contributed by atoms with Crippen LogP contribution in [0.1, 0.15) is 11.1 Å². The molecule has 4 aromatic rings. The summed E-state index contributed by atoms with van der Waals surface area (Å²) < 4.78 is 1.70. The fourth-order valence-corrected chi connectivity index (χ4v) is 3.56. The molecule has 0 radical (unpaired) electrons. The van der Waals surface area contributed by atoms with Gasteiger partial charge in [0.05, 0.1) is 9.46 Å². The van der Waals surface area contributed by atoms with E-state index in [0.29, 0.717) is 20.9 Å². The Balaban J connectivity index is 1.82. The van der Waals surface area contributed by atoms with Crippen LogP contribution in [0.15, 0.2) is 53.3 Å². The number of non-ortho nitro benzene ring substituents is 1. The first kappa shape index (κ1) is 16.1. The summed E-state index contributed by atoms with van der Waals surface area (Å²) in [4.78, 5) is 27.9. The van der Waals surface area contributed by atoms with E-state index < -0.39 is 4.92 Å². The molecule has 0 aliphatic heterocycles. The molecule has 0 bridgehead atoms. The van der Waals surface area contributed by atoms with Gasteiger partial charge in [-0.05, 0) is 24.1 Å². The second-order valence-corrected chi connectivity index (χ2v) is 6.72. The summed E-state index contributed by atoms with van der Waals surface area (Å²) in [7, 11) is 0. The van der Waals surface area contributed by atoms with Crippen LogP contribution in [0.25, 0.3) is 22.4 Å². The molecule has 8 heteroatoms. The highest BCUT2D eigenvalue weighted by atomic mass is 32.1. The van der Waals surface area contributed by atoms with E-state index in [-0.39, 0.29) is 11.2 Å². The van der Waals surface area contributed by atoms with E-state index in [1.165, 1.54) is 28.0 Å². The van der Waals surface area contributed by atoms with E-state index >= 15 is 0 Å². The standard InChI is InChI=1S/C18H12N4O3S/c1-11-5-2-3-8-14(11)16-19-18-21(20-16)17(23)15(26-18)10-12-6-4-7-13(9-12)22(24)25/h2-10H,1H3/b15-10+. The summed E-state index contributed by atoms with van der Waals surface area (Å²) in [6.07, 6.45) is 1.61. The maximum atomic E-state index is 12.6. The van der Waals surface area contributed by atoms with Crippen molar-refractivity contribution in [1.82, 2.24) is 14.6 Å². The summed E-state index contributed by atoms with van der Waals surface area (Å²) in [5.74, 6) is 0.508. The number of nitro groups is 1. The van der Waals surface area contributed by atoms with Crippen molar-refractivity contribution >= 4 is 28.1 Å². The number of rotatable bonds is 3. The Labute approximate surface area is 151 Å². The minimum absolute atomic E-state index is 0.0208. The minimum Gasteiger partial charge on any atom is -0.266 e. The van der Waals surface area contributed by atoms with Crippen molar-refractivity contribution < 1.29 is 4.92 Å². The van der Waals surface area contributed by atoms with Crippen molar-refractivity contribution in [2.24, 2.45) is 0 Å². The molecule has 0 unspecified atom stereocenters. The second kappa shape index (κ2) is 6.16. The molecule has 7 nitrogen and oxygen atoms in total. The highest BCUT2D eigenvalue weighted by Gasteiger charge is 2.13. The van der Waals surface area contributed by atoms with Crippen molar-refractivity contribution in [3.63, 3.8) is 0 Å². The predicted octanol–water partition coefficient (Wildman–Crippen LogP) is 2.58. The average Bonchev–Trinajstić information content (AvgIpc) is 3.16. The third kappa shape index (κ3) is 2.76. The molecule has 0 saturated heterocycles. The lowest BCUT2D eigenvalue weighted by Gasteiger charge is -1.98. The Hall–Kier alpha value is -3.39. The number of aryl methyl sites for hydroxylation is 1. The van der Waals surface area contributed by atoms with Crippen molar-refractivity contribution in [3.05, 3.63) is 84.7 Å². The third-order valence-electron chi connectivity index (χ3n) is 3.95. The number of aromatic nitrogens is 3. The molecule has 0 amide bonds. The summed E-state index contributed by atoms with van der Waals surface area (Å²) in [6, 6.07) is 13.8. The lowest BCUT2D eigenvalue weighted by molar-refractivity contribution is -0.384. The molecule has 26 heavy (non-hydrogen) atoms. The molecule has 4 rings (SSSR count). The number of nitro benzene ring substituents is 1. The van der Waals surface area contributed by atoms with Crippen LogP contribution in [0.2, 0.25) is 0 Å². The zero-order chi connectivity index (χ0) is 18.3. The molecule has 128 valence electrons. The van der Waals surface area contributed by atoms with Crippen molar-refractivity contribution in [1.29, 1.82) is 0 Å². The van der Waals surface area contributed by atoms with Gasteiger partial charge in [0.15, 0.2) is 5.82 Å². The van der Waals surface area contributed by atoms with Crippen LogP contribution in [0.4, 0.5) is 5.69 Å². The van der Waals surface area contributed by atoms with E-state index in [1.54, 1.807) is 18.2 Å². The van der Waals surface area contributed by atoms with Gasteiger partial charge in [-0.2, -0.15) is 9.50 Å². The minimum atomic E-state index is -0.466. The maximum Gasteiger partial charge on any atom is 0.291 e. The summed E-state index contributed by atoms with van der Waals surface area (Å²) >= 11 is 1.21. The molecule has 0 N–H and O–H groups in total. The van der Waals surface area contributed by atoms with Gasteiger partial charge in [-0.3, -0.25) is 14.9 Å². The number of hydrogen-bond donors (Lipinski definition) is 0. The number of nitrogens with zero attached hydrogens (tertiary/aromatic N) is 4. The number of benzene rings is 2. The second-order valence-electron chi connectivity index (χ2n) is 5.71. The van der Waals surface area contributed by atoms with Gasteiger partial charge in [0.25, 0.3) is 11.2 Å². The number of fused-ring (bicyclic) bond motifs is 1. The first-order valence-electron chi connectivity index (χ1n) is 7.75. The Morgan fingerprint density at radius 3 is 2.73 bits per heavy atom. The van der Waals surface area contributed by atoms with Crippen LogP contribution in [0.5, 0.6) is 0 Å². The van der Waals surface area contributed by atoms with Gasteiger partial charge < -0.3 is 0 Å². The van der Waals surface area contributed by atoms with E-state index in [4.69, 9.17) is 0 Å². The molecule has 0 atom stereocenters. The lowest BCUT2D eigenvalue weighted by Crippen LogP contribution is -2.23. The topological polar surface area (TPSA) is 90.4 Å². The van der Waals surface area contributed by atoms with Crippen LogP contribution >= 0.6 is 11.3 Å². The fourth-order valence-electron chi connectivity index (χ4n) is 2.65. The molecule has 0 fully saturated rings. The van der Waals surface area contributed by atoms with Crippen molar-refractivity contribution in [2.45, 2.75) is 6.92 Å². The van der Waals surface area contributed by atoms with E-state index in [9.17, 15) is 14.9 Å². The van der Waals surface area contributed by atoms with Gasteiger partial charge in [0, 0.05) is 17.7 Å². The molecule has 2 aromatic carbocycles. The van der Waals surface area contributed by atoms with Crippen LogP contribution in [0, 0.1) is 17.0 Å². The molecule has 0 aliphatic rings. The highest BCUT2D eigenvalue weighted by Crippen LogP contribution is 2.20. The molecule has 2 heterocycles. The van der Waals surface area contributed by atoms with Crippen LogP contribution in [0.3, 0.4) is 0 Å². The summed E-state index contributed by atoms with van der Waals surface area (Å²) in [5.41, 5.74) is 2.19. The lowest BCUT2D eigenvalue weighted by atomic mass is 10.1. The summed E-state index contributed by atoms with van der Waals surface area (Å²) in [6.45, 7) is 1.96. The Bertz CT molecular complexity index is 1260.